The molecule has 1 fully saturated rings. The van der Waals surface area contributed by atoms with Gasteiger partial charge in [-0.15, -0.1) is 0 Å². The van der Waals surface area contributed by atoms with E-state index in [1.54, 1.807) is 4.90 Å². The second-order valence-corrected chi connectivity index (χ2v) is 7.43. The van der Waals surface area contributed by atoms with Gasteiger partial charge in [0, 0.05) is 31.8 Å². The Morgan fingerprint density at radius 2 is 1.77 bits per heavy atom. The zero-order valence-electron chi connectivity index (χ0n) is 17.3. The molecular weight excluding hydrogens is 394 g/mol. The highest BCUT2D eigenvalue weighted by molar-refractivity contribution is 5.92. The highest BCUT2D eigenvalue weighted by Gasteiger charge is 2.21. The first-order chi connectivity index (χ1) is 15.2. The molecule has 0 atom stereocenters. The number of benzene rings is 2. The molecule has 1 N–H and O–H groups in total. The molecule has 1 aliphatic rings. The molecule has 7 heteroatoms. The van der Waals surface area contributed by atoms with Gasteiger partial charge in [-0.05, 0) is 29.7 Å². The first-order valence-corrected chi connectivity index (χ1v) is 10.4. The Hall–Kier alpha value is -3.45. The van der Waals surface area contributed by atoms with Gasteiger partial charge in [-0.1, -0.05) is 42.5 Å². The zero-order chi connectivity index (χ0) is 21.5. The molecule has 0 saturated carbocycles. The Bertz CT molecular complexity index is 1010. The van der Waals surface area contributed by atoms with Gasteiger partial charge in [-0.3, -0.25) is 9.59 Å². The van der Waals surface area contributed by atoms with E-state index in [1.807, 2.05) is 54.6 Å². The summed E-state index contributed by atoms with van der Waals surface area (Å²) in [6.45, 7) is 2.88. The minimum Gasteiger partial charge on any atom is -0.444 e. The Morgan fingerprint density at radius 3 is 2.58 bits per heavy atom. The lowest BCUT2D eigenvalue weighted by atomic mass is 10.1. The van der Waals surface area contributed by atoms with Crippen LogP contribution < -0.4 is 5.32 Å². The van der Waals surface area contributed by atoms with Crippen LogP contribution in [-0.2, 0) is 22.5 Å². The number of hydrogen-bond donors (Lipinski definition) is 1. The summed E-state index contributed by atoms with van der Waals surface area (Å²) in [6, 6.07) is 17.2. The maximum Gasteiger partial charge on any atom is 0.275 e. The smallest absolute Gasteiger partial charge is 0.275 e. The Kier molecular flexibility index (Phi) is 6.74. The fourth-order valence-corrected chi connectivity index (χ4v) is 3.43. The largest absolute Gasteiger partial charge is 0.444 e. The van der Waals surface area contributed by atoms with E-state index < -0.39 is 0 Å². The molecule has 2 heterocycles. The summed E-state index contributed by atoms with van der Waals surface area (Å²) >= 11 is 0. The molecule has 4 rings (SSSR count). The SMILES string of the molecule is O=C(Cc1ccccc1)NCc1ccc(-c2nc(C(=O)N3CCCOCC3)co2)cc1. The monoisotopic (exact) mass is 419 g/mol. The summed E-state index contributed by atoms with van der Waals surface area (Å²) in [4.78, 5) is 30.9. The second-order valence-electron chi connectivity index (χ2n) is 7.43. The van der Waals surface area contributed by atoms with Gasteiger partial charge in [0.05, 0.1) is 13.0 Å². The number of oxazole rings is 1. The van der Waals surface area contributed by atoms with Crippen molar-refractivity contribution in [3.8, 4) is 11.5 Å². The molecule has 0 spiro atoms. The standard InChI is InChI=1S/C24H25N3O4/c28-22(15-18-5-2-1-3-6-18)25-16-19-7-9-20(10-8-19)23-26-21(17-31-23)24(29)27-11-4-13-30-14-12-27/h1-3,5-10,17H,4,11-16H2,(H,25,28). The predicted molar refractivity (Wildman–Crippen MR) is 115 cm³/mol. The maximum atomic E-state index is 12.6. The number of nitrogens with zero attached hydrogens (tertiary/aromatic N) is 2. The van der Waals surface area contributed by atoms with E-state index in [0.717, 1.165) is 23.1 Å². The van der Waals surface area contributed by atoms with E-state index in [9.17, 15) is 9.59 Å². The molecule has 1 aromatic heterocycles. The number of hydrogen-bond acceptors (Lipinski definition) is 5. The molecule has 3 aromatic rings. The van der Waals surface area contributed by atoms with Crippen LogP contribution in [-0.4, -0.2) is 48.0 Å². The van der Waals surface area contributed by atoms with Crippen molar-refractivity contribution < 1.29 is 18.7 Å². The average Bonchev–Trinajstić information content (AvgIpc) is 3.13. The first kappa shape index (κ1) is 20.8. The van der Waals surface area contributed by atoms with Crippen LogP contribution in [0.5, 0.6) is 0 Å². The van der Waals surface area contributed by atoms with Gasteiger partial charge in [0.1, 0.15) is 6.26 Å². The fourth-order valence-electron chi connectivity index (χ4n) is 3.43. The molecule has 2 aromatic carbocycles. The van der Waals surface area contributed by atoms with Crippen molar-refractivity contribution in [1.29, 1.82) is 0 Å². The third-order valence-corrected chi connectivity index (χ3v) is 5.13. The van der Waals surface area contributed by atoms with Gasteiger partial charge in [-0.2, -0.15) is 0 Å². The van der Waals surface area contributed by atoms with Crippen LogP contribution in [0.15, 0.2) is 65.3 Å². The third kappa shape index (κ3) is 5.58. The molecule has 1 saturated heterocycles. The van der Waals surface area contributed by atoms with Crippen LogP contribution >= 0.6 is 0 Å². The van der Waals surface area contributed by atoms with Crippen molar-refractivity contribution in [3.05, 3.63) is 77.7 Å². The van der Waals surface area contributed by atoms with E-state index in [1.165, 1.54) is 6.26 Å². The van der Waals surface area contributed by atoms with Gasteiger partial charge in [0.15, 0.2) is 5.69 Å². The summed E-state index contributed by atoms with van der Waals surface area (Å²) in [5, 5.41) is 2.93. The lowest BCUT2D eigenvalue weighted by Gasteiger charge is -2.17. The van der Waals surface area contributed by atoms with Gasteiger partial charge >= 0.3 is 0 Å². The summed E-state index contributed by atoms with van der Waals surface area (Å²) in [5.74, 6) is 0.234. The van der Waals surface area contributed by atoms with Crippen LogP contribution in [0.1, 0.15) is 28.0 Å². The van der Waals surface area contributed by atoms with Gasteiger partial charge in [0.25, 0.3) is 5.91 Å². The van der Waals surface area contributed by atoms with Crippen LogP contribution in [0, 0.1) is 0 Å². The Labute approximate surface area is 181 Å². The summed E-state index contributed by atoms with van der Waals surface area (Å²) in [5.41, 5.74) is 3.03. The van der Waals surface area contributed by atoms with Crippen LogP contribution in [0.2, 0.25) is 0 Å². The number of nitrogens with one attached hydrogen (secondary N) is 1. The average molecular weight is 419 g/mol. The quantitative estimate of drug-likeness (QED) is 0.664. The van der Waals surface area contributed by atoms with E-state index in [4.69, 9.17) is 9.15 Å². The van der Waals surface area contributed by atoms with Gasteiger partial charge < -0.3 is 19.4 Å². The fraction of sp³-hybridized carbons (Fsp3) is 0.292. The van der Waals surface area contributed by atoms with E-state index in [0.29, 0.717) is 50.9 Å². The first-order valence-electron chi connectivity index (χ1n) is 10.4. The summed E-state index contributed by atoms with van der Waals surface area (Å²) in [7, 11) is 0. The van der Waals surface area contributed by atoms with E-state index >= 15 is 0 Å². The normalized spacial score (nSPS) is 14.1. The predicted octanol–water partition coefficient (Wildman–Crippen LogP) is 3.06. The number of amides is 2. The Balaban J connectivity index is 1.33. The molecule has 2 amide bonds. The summed E-state index contributed by atoms with van der Waals surface area (Å²) in [6.07, 6.45) is 2.58. The number of carbonyl (C=O) groups excluding carboxylic acids is 2. The Morgan fingerprint density at radius 1 is 0.968 bits per heavy atom. The van der Waals surface area contributed by atoms with Crippen molar-refractivity contribution in [3.63, 3.8) is 0 Å². The minimum absolute atomic E-state index is 0.0231. The van der Waals surface area contributed by atoms with Crippen molar-refractivity contribution in [1.82, 2.24) is 15.2 Å². The molecule has 31 heavy (non-hydrogen) atoms. The maximum absolute atomic E-state index is 12.6. The highest BCUT2D eigenvalue weighted by atomic mass is 16.5. The summed E-state index contributed by atoms with van der Waals surface area (Å²) < 4.78 is 10.9. The minimum atomic E-state index is -0.141. The molecule has 7 nitrogen and oxygen atoms in total. The molecule has 0 aliphatic carbocycles. The third-order valence-electron chi connectivity index (χ3n) is 5.13. The molecule has 0 radical (unpaired) electrons. The topological polar surface area (TPSA) is 84.7 Å². The zero-order valence-corrected chi connectivity index (χ0v) is 17.3. The van der Waals surface area contributed by atoms with Crippen LogP contribution in [0.25, 0.3) is 11.5 Å². The number of aromatic nitrogens is 1. The highest BCUT2D eigenvalue weighted by Crippen LogP contribution is 2.20. The van der Waals surface area contributed by atoms with Crippen molar-refractivity contribution in [2.24, 2.45) is 0 Å². The molecule has 160 valence electrons. The van der Waals surface area contributed by atoms with Gasteiger partial charge in [0.2, 0.25) is 11.8 Å². The molecule has 1 aliphatic heterocycles. The van der Waals surface area contributed by atoms with Crippen molar-refractivity contribution in [2.45, 2.75) is 19.4 Å². The van der Waals surface area contributed by atoms with Crippen LogP contribution in [0.4, 0.5) is 0 Å². The van der Waals surface area contributed by atoms with Crippen molar-refractivity contribution in [2.75, 3.05) is 26.3 Å². The van der Waals surface area contributed by atoms with Crippen LogP contribution in [0.3, 0.4) is 0 Å². The second kappa shape index (κ2) is 10.0. The van der Waals surface area contributed by atoms with E-state index in [2.05, 4.69) is 10.3 Å². The lowest BCUT2D eigenvalue weighted by Crippen LogP contribution is -2.33. The number of ether oxygens (including phenoxy) is 1. The molecule has 0 unspecified atom stereocenters. The molecular formula is C24H25N3O4. The molecule has 0 bridgehead atoms. The number of rotatable bonds is 6. The number of carbonyl (C=O) groups is 2. The lowest BCUT2D eigenvalue weighted by molar-refractivity contribution is -0.120. The van der Waals surface area contributed by atoms with Crippen molar-refractivity contribution >= 4 is 11.8 Å². The van der Waals surface area contributed by atoms with E-state index in [-0.39, 0.29) is 11.8 Å². The van der Waals surface area contributed by atoms with Gasteiger partial charge in [-0.25, -0.2) is 4.98 Å².